The van der Waals surface area contributed by atoms with E-state index < -0.39 is 0 Å². The molecule has 0 N–H and O–H groups in total. The lowest BCUT2D eigenvalue weighted by molar-refractivity contribution is 0.339. The second kappa shape index (κ2) is 5.06. The molecule has 0 aliphatic heterocycles. The molecule has 1 heterocycles. The molecule has 0 aliphatic rings. The minimum atomic E-state index is 0.274. The minimum absolute atomic E-state index is 0.274. The zero-order valence-corrected chi connectivity index (χ0v) is 8.35. The molecule has 0 amide bonds. The molecule has 0 aliphatic carbocycles. The minimum Gasteiger partial charge on any atom is -0.504 e. The van der Waals surface area contributed by atoms with Crippen LogP contribution in [0, 0.1) is 0 Å². The SMILES string of the molecule is COC=Cc1cnc(OC)nc1OC. The number of hydrogen-bond acceptors (Lipinski definition) is 5. The molecule has 5 heteroatoms. The van der Waals surface area contributed by atoms with E-state index in [9.17, 15) is 0 Å². The van der Waals surface area contributed by atoms with Crippen molar-refractivity contribution in [2.24, 2.45) is 0 Å². The first-order valence-electron chi connectivity index (χ1n) is 3.96. The Balaban J connectivity index is 2.99. The molecule has 1 aromatic heterocycles. The third-order valence-electron chi connectivity index (χ3n) is 1.52. The van der Waals surface area contributed by atoms with Crippen molar-refractivity contribution in [1.82, 2.24) is 9.97 Å². The lowest BCUT2D eigenvalue weighted by Crippen LogP contribution is -1.97. The first-order valence-corrected chi connectivity index (χ1v) is 3.96. The fourth-order valence-corrected chi connectivity index (χ4v) is 0.878. The quantitative estimate of drug-likeness (QED) is 0.675. The monoisotopic (exact) mass is 196 g/mol. The predicted molar refractivity (Wildman–Crippen MR) is 51.2 cm³/mol. The van der Waals surface area contributed by atoms with E-state index in [4.69, 9.17) is 14.2 Å². The van der Waals surface area contributed by atoms with E-state index in [1.807, 2.05) is 0 Å². The van der Waals surface area contributed by atoms with E-state index in [0.29, 0.717) is 5.88 Å². The predicted octanol–water partition coefficient (Wildman–Crippen LogP) is 1.11. The van der Waals surface area contributed by atoms with Gasteiger partial charge in [0, 0.05) is 6.20 Å². The van der Waals surface area contributed by atoms with Crippen LogP contribution in [0.3, 0.4) is 0 Å². The van der Waals surface area contributed by atoms with Gasteiger partial charge in [0.05, 0.1) is 33.2 Å². The van der Waals surface area contributed by atoms with Gasteiger partial charge in [0.15, 0.2) is 0 Å². The summed E-state index contributed by atoms with van der Waals surface area (Å²) >= 11 is 0. The van der Waals surface area contributed by atoms with Gasteiger partial charge in [-0.15, -0.1) is 0 Å². The average molecular weight is 196 g/mol. The van der Waals surface area contributed by atoms with E-state index in [0.717, 1.165) is 5.56 Å². The molecule has 1 aromatic rings. The summed E-state index contributed by atoms with van der Waals surface area (Å²) in [7, 11) is 4.60. The maximum Gasteiger partial charge on any atom is 0.319 e. The van der Waals surface area contributed by atoms with Crippen LogP contribution >= 0.6 is 0 Å². The standard InChI is InChI=1S/C9H12N2O3/c1-12-5-4-7-6-10-9(14-3)11-8(7)13-2/h4-6H,1-3H3. The molecule has 0 spiro atoms. The molecule has 0 saturated heterocycles. The molecule has 0 fully saturated rings. The Morgan fingerprint density at radius 2 is 2.00 bits per heavy atom. The fourth-order valence-electron chi connectivity index (χ4n) is 0.878. The molecule has 14 heavy (non-hydrogen) atoms. The first kappa shape index (κ1) is 10.3. The molecular weight excluding hydrogens is 184 g/mol. The lowest BCUT2D eigenvalue weighted by Gasteiger charge is -2.04. The Bertz CT molecular complexity index is 326. The van der Waals surface area contributed by atoms with Crippen molar-refractivity contribution < 1.29 is 14.2 Å². The highest BCUT2D eigenvalue weighted by Gasteiger charge is 2.04. The third kappa shape index (κ3) is 2.35. The molecule has 5 nitrogen and oxygen atoms in total. The van der Waals surface area contributed by atoms with Gasteiger partial charge < -0.3 is 14.2 Å². The Kier molecular flexibility index (Phi) is 3.72. The van der Waals surface area contributed by atoms with Gasteiger partial charge in [0.2, 0.25) is 5.88 Å². The van der Waals surface area contributed by atoms with Crippen molar-refractivity contribution >= 4 is 6.08 Å². The maximum absolute atomic E-state index is 5.05. The van der Waals surface area contributed by atoms with Crippen LogP contribution < -0.4 is 9.47 Å². The number of hydrogen-bond donors (Lipinski definition) is 0. The van der Waals surface area contributed by atoms with Gasteiger partial charge in [0.1, 0.15) is 0 Å². The van der Waals surface area contributed by atoms with E-state index in [1.54, 1.807) is 19.4 Å². The summed E-state index contributed by atoms with van der Waals surface area (Å²) in [5.41, 5.74) is 0.732. The Morgan fingerprint density at radius 3 is 2.57 bits per heavy atom. The summed E-state index contributed by atoms with van der Waals surface area (Å²) in [5, 5.41) is 0. The van der Waals surface area contributed by atoms with E-state index >= 15 is 0 Å². The molecule has 0 atom stereocenters. The van der Waals surface area contributed by atoms with Crippen LogP contribution in [0.1, 0.15) is 5.56 Å². The molecule has 0 radical (unpaired) electrons. The number of nitrogens with zero attached hydrogens (tertiary/aromatic N) is 2. The number of methoxy groups -OCH3 is 3. The van der Waals surface area contributed by atoms with Gasteiger partial charge in [-0.3, -0.25) is 0 Å². The van der Waals surface area contributed by atoms with Crippen molar-refractivity contribution in [2.45, 2.75) is 0 Å². The lowest BCUT2D eigenvalue weighted by atomic mass is 10.3. The van der Waals surface area contributed by atoms with Crippen LogP contribution in [-0.4, -0.2) is 31.3 Å². The molecule has 0 aromatic carbocycles. The highest BCUT2D eigenvalue weighted by Crippen LogP contribution is 2.18. The highest BCUT2D eigenvalue weighted by atomic mass is 16.5. The molecular formula is C9H12N2O3. The van der Waals surface area contributed by atoms with Crippen LogP contribution in [-0.2, 0) is 4.74 Å². The van der Waals surface area contributed by atoms with Gasteiger partial charge in [-0.05, 0) is 6.08 Å². The van der Waals surface area contributed by atoms with Crippen LogP contribution in [0.15, 0.2) is 12.5 Å². The molecule has 0 saturated carbocycles. The van der Waals surface area contributed by atoms with Gasteiger partial charge in [-0.1, -0.05) is 0 Å². The van der Waals surface area contributed by atoms with Crippen molar-refractivity contribution in [1.29, 1.82) is 0 Å². The molecule has 0 bridgehead atoms. The molecule has 1 rings (SSSR count). The third-order valence-corrected chi connectivity index (χ3v) is 1.52. The first-order chi connectivity index (χ1) is 6.81. The second-order valence-electron chi connectivity index (χ2n) is 2.36. The largest absolute Gasteiger partial charge is 0.504 e. The normalized spacial score (nSPS) is 10.2. The number of ether oxygens (including phenoxy) is 3. The highest BCUT2D eigenvalue weighted by molar-refractivity contribution is 5.52. The Morgan fingerprint density at radius 1 is 1.21 bits per heavy atom. The van der Waals surface area contributed by atoms with Crippen LogP contribution in [0.5, 0.6) is 11.9 Å². The van der Waals surface area contributed by atoms with Crippen molar-refractivity contribution in [3.63, 3.8) is 0 Å². The summed E-state index contributed by atoms with van der Waals surface area (Å²) in [4.78, 5) is 7.94. The fraction of sp³-hybridized carbons (Fsp3) is 0.333. The van der Waals surface area contributed by atoms with Crippen molar-refractivity contribution in [3.05, 3.63) is 18.0 Å². The summed E-state index contributed by atoms with van der Waals surface area (Å²) in [6.07, 6.45) is 4.83. The number of rotatable bonds is 4. The van der Waals surface area contributed by atoms with E-state index in [1.165, 1.54) is 20.5 Å². The van der Waals surface area contributed by atoms with Crippen LogP contribution in [0.2, 0.25) is 0 Å². The summed E-state index contributed by atoms with van der Waals surface area (Å²) in [5.74, 6) is 0.449. The van der Waals surface area contributed by atoms with Crippen molar-refractivity contribution in [2.75, 3.05) is 21.3 Å². The second-order valence-corrected chi connectivity index (χ2v) is 2.36. The smallest absolute Gasteiger partial charge is 0.319 e. The summed E-state index contributed by atoms with van der Waals surface area (Å²) in [6.45, 7) is 0. The van der Waals surface area contributed by atoms with Gasteiger partial charge in [0.25, 0.3) is 0 Å². The van der Waals surface area contributed by atoms with Crippen LogP contribution in [0.25, 0.3) is 6.08 Å². The maximum atomic E-state index is 5.05. The van der Waals surface area contributed by atoms with Gasteiger partial charge in [-0.2, -0.15) is 4.98 Å². The molecule has 76 valence electrons. The zero-order chi connectivity index (χ0) is 10.4. The van der Waals surface area contributed by atoms with Crippen molar-refractivity contribution in [3.8, 4) is 11.9 Å². The average Bonchev–Trinajstić information content (AvgIpc) is 2.26. The Hall–Kier alpha value is -1.78. The zero-order valence-electron chi connectivity index (χ0n) is 8.35. The van der Waals surface area contributed by atoms with Gasteiger partial charge >= 0.3 is 6.01 Å². The van der Waals surface area contributed by atoms with Gasteiger partial charge in [-0.25, -0.2) is 4.98 Å². The number of aromatic nitrogens is 2. The Labute approximate surface area is 82.3 Å². The van der Waals surface area contributed by atoms with Crippen LogP contribution in [0.4, 0.5) is 0 Å². The van der Waals surface area contributed by atoms with E-state index in [-0.39, 0.29) is 6.01 Å². The summed E-state index contributed by atoms with van der Waals surface area (Å²) < 4.78 is 14.7. The topological polar surface area (TPSA) is 53.5 Å². The molecule has 0 unspecified atom stereocenters. The summed E-state index contributed by atoms with van der Waals surface area (Å²) in [6, 6.07) is 0.274. The van der Waals surface area contributed by atoms with E-state index in [2.05, 4.69) is 9.97 Å².